The molecule has 0 aromatic carbocycles. The topological polar surface area (TPSA) is 51.5 Å². The summed E-state index contributed by atoms with van der Waals surface area (Å²) in [5, 5.41) is 8.72. The molecule has 1 aliphatic heterocycles. The van der Waals surface area contributed by atoms with E-state index < -0.39 is 5.79 Å². The second-order valence-electron chi connectivity index (χ2n) is 4.63. The van der Waals surface area contributed by atoms with Gasteiger partial charge in [-0.25, -0.2) is 0 Å². The lowest BCUT2D eigenvalue weighted by molar-refractivity contribution is -0.249. The van der Waals surface area contributed by atoms with Crippen molar-refractivity contribution in [1.82, 2.24) is 0 Å². The average Bonchev–Trinajstić information content (AvgIpc) is 2.80. The molecule has 94 valence electrons. The Labute approximate surface area is 102 Å². The molecular weight excluding hydrogens is 218 g/mol. The lowest BCUT2D eigenvalue weighted by atomic mass is 9.76. The highest BCUT2D eigenvalue weighted by atomic mass is 16.8. The summed E-state index contributed by atoms with van der Waals surface area (Å²) in [7, 11) is 1.68. The summed E-state index contributed by atoms with van der Waals surface area (Å²) in [6, 6.07) is 2.18. The first-order chi connectivity index (χ1) is 8.23. The Morgan fingerprint density at radius 2 is 2.24 bits per heavy atom. The summed E-state index contributed by atoms with van der Waals surface area (Å²) in [6.45, 7) is 5.35. The highest BCUT2D eigenvalue weighted by molar-refractivity contribution is 5.13. The quantitative estimate of drug-likeness (QED) is 0.705. The van der Waals surface area contributed by atoms with E-state index in [1.807, 2.05) is 0 Å². The van der Waals surface area contributed by atoms with E-state index in [1.54, 1.807) is 7.11 Å². The summed E-state index contributed by atoms with van der Waals surface area (Å²) in [5.74, 6) is -0.442. The minimum Gasteiger partial charge on any atom is -0.375 e. The Hall–Kier alpha value is -0.890. The molecular formula is C13H19NO3. The predicted molar refractivity (Wildman–Crippen MR) is 62.1 cm³/mol. The number of ether oxygens (including phenoxy) is 3. The first-order valence-electron chi connectivity index (χ1n) is 6.09. The highest BCUT2D eigenvalue weighted by Gasteiger charge is 2.51. The van der Waals surface area contributed by atoms with E-state index >= 15 is 0 Å². The molecule has 1 saturated carbocycles. The third-order valence-corrected chi connectivity index (χ3v) is 3.72. The number of hydrogen-bond acceptors (Lipinski definition) is 4. The van der Waals surface area contributed by atoms with Crippen molar-refractivity contribution >= 4 is 0 Å². The van der Waals surface area contributed by atoms with Crippen molar-refractivity contribution in [2.24, 2.45) is 5.92 Å². The summed E-state index contributed by atoms with van der Waals surface area (Å²) in [4.78, 5) is 0. The first-order valence-corrected chi connectivity index (χ1v) is 6.09. The van der Waals surface area contributed by atoms with Gasteiger partial charge in [0.25, 0.3) is 0 Å². The number of rotatable bonds is 3. The molecule has 1 heterocycles. The minimum absolute atomic E-state index is 0.139. The zero-order valence-corrected chi connectivity index (χ0v) is 10.3. The fourth-order valence-electron chi connectivity index (χ4n) is 2.88. The van der Waals surface area contributed by atoms with E-state index in [1.165, 1.54) is 0 Å². The van der Waals surface area contributed by atoms with Crippen LogP contribution in [-0.2, 0) is 14.2 Å². The SMILES string of the molecule is C=C1CCC2(OCCO2)[C@@H](OC)[C@@H]1CCC#N. The minimum atomic E-state index is -0.601. The Morgan fingerprint density at radius 1 is 1.53 bits per heavy atom. The van der Waals surface area contributed by atoms with Gasteiger partial charge in [0.05, 0.1) is 19.3 Å². The molecule has 1 aliphatic carbocycles. The Bertz CT molecular complexity index is 328. The second-order valence-corrected chi connectivity index (χ2v) is 4.63. The van der Waals surface area contributed by atoms with Gasteiger partial charge in [0.2, 0.25) is 0 Å². The van der Waals surface area contributed by atoms with Crippen LogP contribution in [0.25, 0.3) is 0 Å². The van der Waals surface area contributed by atoms with Crippen molar-refractivity contribution in [3.05, 3.63) is 12.2 Å². The molecule has 0 radical (unpaired) electrons. The number of nitriles is 1. The Kier molecular flexibility index (Phi) is 3.82. The molecule has 0 aromatic heterocycles. The van der Waals surface area contributed by atoms with E-state index in [0.717, 1.165) is 24.8 Å². The zero-order chi connectivity index (χ0) is 12.3. The van der Waals surface area contributed by atoms with Gasteiger partial charge in [-0.05, 0) is 12.8 Å². The molecule has 2 aliphatic rings. The van der Waals surface area contributed by atoms with Crippen LogP contribution in [0.3, 0.4) is 0 Å². The molecule has 0 amide bonds. The second kappa shape index (κ2) is 5.18. The average molecular weight is 237 g/mol. The van der Waals surface area contributed by atoms with E-state index in [9.17, 15) is 0 Å². The van der Waals surface area contributed by atoms with Crippen molar-refractivity contribution in [2.75, 3.05) is 20.3 Å². The molecule has 2 atom stereocenters. The maximum absolute atomic E-state index is 8.72. The normalized spacial score (nSPS) is 31.6. The van der Waals surface area contributed by atoms with Gasteiger partial charge in [0.1, 0.15) is 6.10 Å². The number of hydrogen-bond donors (Lipinski definition) is 0. The van der Waals surface area contributed by atoms with Gasteiger partial charge in [-0.2, -0.15) is 5.26 Å². The van der Waals surface area contributed by atoms with Gasteiger partial charge in [-0.3, -0.25) is 0 Å². The third kappa shape index (κ3) is 2.23. The molecule has 2 fully saturated rings. The standard InChI is InChI=1S/C13H19NO3/c1-10-5-6-13(16-8-9-17-13)12(15-2)11(10)4-3-7-14/h11-12H,1,3-6,8-9H2,2H3/t11-,12+/m1/s1. The van der Waals surface area contributed by atoms with Crippen molar-refractivity contribution in [3.63, 3.8) is 0 Å². The molecule has 4 heteroatoms. The largest absolute Gasteiger partial charge is 0.375 e. The number of nitrogens with zero attached hydrogens (tertiary/aromatic N) is 1. The van der Waals surface area contributed by atoms with Crippen LogP contribution in [0.4, 0.5) is 0 Å². The molecule has 2 rings (SSSR count). The lowest BCUT2D eigenvalue weighted by Gasteiger charge is -2.44. The lowest BCUT2D eigenvalue weighted by Crippen LogP contribution is -2.52. The van der Waals surface area contributed by atoms with Crippen LogP contribution in [0.15, 0.2) is 12.2 Å². The van der Waals surface area contributed by atoms with Gasteiger partial charge >= 0.3 is 0 Å². The van der Waals surface area contributed by atoms with Crippen molar-refractivity contribution in [3.8, 4) is 6.07 Å². The fourth-order valence-corrected chi connectivity index (χ4v) is 2.88. The van der Waals surface area contributed by atoms with E-state index in [2.05, 4.69) is 12.6 Å². The van der Waals surface area contributed by atoms with Gasteiger partial charge < -0.3 is 14.2 Å². The van der Waals surface area contributed by atoms with Crippen LogP contribution < -0.4 is 0 Å². The predicted octanol–water partition coefficient (Wildman–Crippen LogP) is 2.01. The highest BCUT2D eigenvalue weighted by Crippen LogP contribution is 2.44. The van der Waals surface area contributed by atoms with E-state index in [4.69, 9.17) is 19.5 Å². The van der Waals surface area contributed by atoms with Gasteiger partial charge in [-0.1, -0.05) is 12.2 Å². The maximum Gasteiger partial charge on any atom is 0.195 e. The van der Waals surface area contributed by atoms with Crippen LogP contribution >= 0.6 is 0 Å². The van der Waals surface area contributed by atoms with Crippen molar-refractivity contribution in [1.29, 1.82) is 5.26 Å². The van der Waals surface area contributed by atoms with Crippen LogP contribution in [0.2, 0.25) is 0 Å². The Balaban J connectivity index is 2.16. The molecule has 0 N–H and O–H groups in total. The van der Waals surface area contributed by atoms with Crippen LogP contribution in [0.5, 0.6) is 0 Å². The summed E-state index contributed by atoms with van der Waals surface area (Å²) in [6.07, 6.45) is 2.82. The van der Waals surface area contributed by atoms with E-state index in [-0.39, 0.29) is 12.0 Å². The molecule has 0 aromatic rings. The molecule has 0 bridgehead atoms. The zero-order valence-electron chi connectivity index (χ0n) is 10.3. The molecule has 4 nitrogen and oxygen atoms in total. The summed E-state index contributed by atoms with van der Waals surface area (Å²) in [5.41, 5.74) is 1.15. The van der Waals surface area contributed by atoms with Gasteiger partial charge in [0, 0.05) is 25.9 Å². The van der Waals surface area contributed by atoms with Crippen molar-refractivity contribution < 1.29 is 14.2 Å². The molecule has 0 unspecified atom stereocenters. The van der Waals surface area contributed by atoms with Crippen LogP contribution in [0, 0.1) is 17.2 Å². The summed E-state index contributed by atoms with van der Waals surface area (Å²) < 4.78 is 17.1. The van der Waals surface area contributed by atoms with Gasteiger partial charge in [0.15, 0.2) is 5.79 Å². The smallest absolute Gasteiger partial charge is 0.195 e. The monoisotopic (exact) mass is 237 g/mol. The molecule has 17 heavy (non-hydrogen) atoms. The van der Waals surface area contributed by atoms with Gasteiger partial charge in [-0.15, -0.1) is 0 Å². The molecule has 1 spiro atoms. The van der Waals surface area contributed by atoms with Crippen LogP contribution in [-0.4, -0.2) is 32.2 Å². The van der Waals surface area contributed by atoms with E-state index in [0.29, 0.717) is 19.6 Å². The van der Waals surface area contributed by atoms with Crippen molar-refractivity contribution in [2.45, 2.75) is 37.6 Å². The number of methoxy groups -OCH3 is 1. The first kappa shape index (κ1) is 12.6. The summed E-state index contributed by atoms with van der Waals surface area (Å²) >= 11 is 0. The molecule has 1 saturated heterocycles. The fraction of sp³-hybridized carbons (Fsp3) is 0.769. The Morgan fingerprint density at radius 3 is 2.82 bits per heavy atom. The third-order valence-electron chi connectivity index (χ3n) is 3.72. The van der Waals surface area contributed by atoms with Crippen LogP contribution in [0.1, 0.15) is 25.7 Å². The maximum atomic E-state index is 8.72.